The van der Waals surface area contributed by atoms with Crippen LogP contribution in [0, 0.1) is 6.65 Å². The van der Waals surface area contributed by atoms with Crippen molar-refractivity contribution in [1.29, 1.82) is 0 Å². The van der Waals surface area contributed by atoms with Crippen molar-refractivity contribution < 1.29 is 21.4 Å². The van der Waals surface area contributed by atoms with Crippen LogP contribution in [-0.4, -0.2) is 0 Å². The van der Waals surface area contributed by atoms with Gasteiger partial charge in [0.05, 0.1) is 7.92 Å². The first-order chi connectivity index (χ1) is 12.9. The molecule has 0 fully saturated rings. The van der Waals surface area contributed by atoms with Gasteiger partial charge in [0.2, 0.25) is 0 Å². The van der Waals surface area contributed by atoms with Crippen LogP contribution in [0.25, 0.3) is 0 Å². The van der Waals surface area contributed by atoms with Gasteiger partial charge in [0.15, 0.2) is 0 Å². The van der Waals surface area contributed by atoms with Crippen LogP contribution in [0.15, 0.2) is 121 Å². The number of hydrogen-bond donors (Lipinski definition) is 0. The zero-order valence-corrected chi connectivity index (χ0v) is 16.8. The van der Waals surface area contributed by atoms with Gasteiger partial charge in [-0.3, -0.25) is 0 Å². The van der Waals surface area contributed by atoms with Crippen LogP contribution >= 0.6 is 7.92 Å². The topological polar surface area (TPSA) is 19.9 Å². The Labute approximate surface area is 173 Å². The fourth-order valence-electron chi connectivity index (χ4n) is 2.64. The van der Waals surface area contributed by atoms with Gasteiger partial charge < -0.3 is 0 Å². The number of hydrogen-bond acceptors (Lipinski definition) is 0. The molecular weight excluding hydrogens is 394 g/mol. The Morgan fingerprint density at radius 3 is 1.04 bits per heavy atom. The molecule has 0 N–H and O–H groups in total. The Hall–Kier alpha value is -2.31. The van der Waals surface area contributed by atoms with Crippen molar-refractivity contribution in [2.45, 2.75) is 0 Å². The molecule has 0 aromatic heterocycles. The van der Waals surface area contributed by atoms with E-state index in [2.05, 4.69) is 97.6 Å². The molecule has 0 heterocycles. The number of rotatable bonds is 3. The van der Waals surface area contributed by atoms with Gasteiger partial charge >= 0.3 is 11.3 Å². The molecule has 0 saturated heterocycles. The molecule has 1 nitrogen and oxygen atoms in total. The fraction of sp³-hybridized carbons (Fsp3) is 0. The normalized spacial score (nSPS) is 9.00. The van der Waals surface area contributed by atoms with Crippen molar-refractivity contribution in [3.05, 3.63) is 128 Å². The maximum absolute atomic E-state index is 7.50. The van der Waals surface area contributed by atoms with Crippen LogP contribution in [0.4, 0.5) is 0 Å². The summed E-state index contributed by atoms with van der Waals surface area (Å²) in [4.78, 5) is 0. The van der Waals surface area contributed by atoms with Crippen LogP contribution in [-0.2, 0) is 21.4 Å². The second-order valence-corrected chi connectivity index (χ2v) is 7.92. The quantitative estimate of drug-likeness (QED) is 0.266. The van der Waals surface area contributed by atoms with Gasteiger partial charge in [-0.25, -0.2) is 12.1 Å². The molecule has 3 heteroatoms. The monoisotopic (exact) mass is 415 g/mol. The van der Waals surface area contributed by atoms with Crippen molar-refractivity contribution in [1.82, 2.24) is 0 Å². The van der Waals surface area contributed by atoms with E-state index in [1.807, 2.05) is 30.3 Å². The van der Waals surface area contributed by atoms with Crippen LogP contribution in [0.1, 0.15) is 0 Å². The Kier molecular flexibility index (Phi) is 11.6. The van der Waals surface area contributed by atoms with E-state index in [-0.39, 0.29) is 16.8 Å². The Morgan fingerprint density at radius 2 is 0.815 bits per heavy atom. The van der Waals surface area contributed by atoms with Crippen molar-refractivity contribution in [3.63, 3.8) is 0 Å². The van der Waals surface area contributed by atoms with Crippen molar-refractivity contribution in [2.75, 3.05) is 0 Å². The zero-order chi connectivity index (χ0) is 18.5. The summed E-state index contributed by atoms with van der Waals surface area (Å²) in [5, 5.41) is 4.31. The van der Waals surface area contributed by atoms with Gasteiger partial charge in [0.25, 0.3) is 0 Å². The second kappa shape index (κ2) is 13.8. The van der Waals surface area contributed by atoms with Gasteiger partial charge in [-0.15, -0.1) is 0 Å². The van der Waals surface area contributed by atoms with E-state index in [4.69, 9.17) is 4.65 Å². The molecule has 137 valence electrons. The van der Waals surface area contributed by atoms with E-state index in [1.54, 1.807) is 0 Å². The molecular formula is C24H21CoOP. The average Bonchev–Trinajstić information content (AvgIpc) is 3.33. The maximum Gasteiger partial charge on any atom is 0.102 e. The molecule has 1 radical (unpaired) electrons. The molecule has 0 aliphatic heterocycles. The predicted molar refractivity (Wildman–Crippen MR) is 113 cm³/mol. The van der Waals surface area contributed by atoms with Gasteiger partial charge in [0.1, 0.15) is 15.9 Å². The van der Waals surface area contributed by atoms with Crippen molar-refractivity contribution in [2.24, 2.45) is 0 Å². The molecule has 0 amide bonds. The largest absolute Gasteiger partial charge is 0.214 e. The molecule has 0 aliphatic carbocycles. The zero-order valence-electron chi connectivity index (χ0n) is 14.8. The van der Waals surface area contributed by atoms with Crippen LogP contribution < -0.4 is 15.9 Å². The van der Waals surface area contributed by atoms with Crippen LogP contribution in [0.2, 0.25) is 0 Å². The molecule has 0 atom stereocenters. The summed E-state index contributed by atoms with van der Waals surface area (Å²) in [6.45, 7) is 4.50. The second-order valence-electron chi connectivity index (χ2n) is 5.44. The smallest absolute Gasteiger partial charge is 0.102 e. The maximum atomic E-state index is 7.50. The molecule has 4 aromatic carbocycles. The third-order valence-corrected chi connectivity index (χ3v) is 6.47. The summed E-state index contributed by atoms with van der Waals surface area (Å²) >= 11 is 0. The summed E-state index contributed by atoms with van der Waals surface area (Å²) < 4.78 is 7.50. The SMILES string of the molecule is [C-]#[O+].[Co].c1cc[cH-]c1.c1ccc([PH+](c2ccccc2)c2ccccc2)cc1. The van der Waals surface area contributed by atoms with Gasteiger partial charge in [0, 0.05) is 16.8 Å². The van der Waals surface area contributed by atoms with Crippen LogP contribution in [0.5, 0.6) is 0 Å². The van der Waals surface area contributed by atoms with E-state index in [1.165, 1.54) is 15.9 Å². The summed E-state index contributed by atoms with van der Waals surface area (Å²) in [7, 11) is -0.877. The Bertz CT molecular complexity index is 733. The first-order valence-corrected chi connectivity index (χ1v) is 9.85. The minimum absolute atomic E-state index is 0. The Morgan fingerprint density at radius 1 is 0.519 bits per heavy atom. The molecule has 4 rings (SSSR count). The van der Waals surface area contributed by atoms with Crippen molar-refractivity contribution >= 4 is 23.8 Å². The molecule has 0 unspecified atom stereocenters. The average molecular weight is 415 g/mol. The van der Waals surface area contributed by atoms with Crippen molar-refractivity contribution in [3.8, 4) is 0 Å². The van der Waals surface area contributed by atoms with E-state index in [0.717, 1.165) is 0 Å². The molecule has 0 bridgehead atoms. The molecule has 4 aromatic rings. The van der Waals surface area contributed by atoms with E-state index < -0.39 is 7.92 Å². The summed E-state index contributed by atoms with van der Waals surface area (Å²) in [6, 6.07) is 42.5. The van der Waals surface area contributed by atoms with Crippen LogP contribution in [0.3, 0.4) is 0 Å². The van der Waals surface area contributed by atoms with Gasteiger partial charge in [-0.05, 0) is 36.4 Å². The summed E-state index contributed by atoms with van der Waals surface area (Å²) in [6.07, 6.45) is 0. The molecule has 0 aliphatic rings. The first-order valence-electron chi connectivity index (χ1n) is 8.35. The molecule has 0 saturated carbocycles. The summed E-state index contributed by atoms with van der Waals surface area (Å²) in [5.74, 6) is 0. The minimum atomic E-state index is -0.877. The Balaban J connectivity index is 0.000000390. The minimum Gasteiger partial charge on any atom is -0.214 e. The third kappa shape index (κ3) is 7.44. The first kappa shape index (κ1) is 22.7. The summed E-state index contributed by atoms with van der Waals surface area (Å²) in [5.41, 5.74) is 0. The van der Waals surface area contributed by atoms with E-state index >= 15 is 0 Å². The third-order valence-electron chi connectivity index (χ3n) is 3.74. The van der Waals surface area contributed by atoms with Gasteiger partial charge in [-0.2, -0.15) is 18.2 Å². The van der Waals surface area contributed by atoms with E-state index in [0.29, 0.717) is 0 Å². The molecule has 0 spiro atoms. The standard InChI is InChI=1S/C18H15P.C5H5.CO.Co/c1-4-10-16(11-5-1)19(17-12-6-2-7-13-17)18-14-8-3-9-15-18;1-2-4-5-3-1;1-2;/h1-15H;1-5H;;/q;-1;;/p+1. The predicted octanol–water partition coefficient (Wildman–Crippen LogP) is 4.54. The fourth-order valence-corrected chi connectivity index (χ4v) is 5.21. The number of benzene rings is 3. The molecule has 27 heavy (non-hydrogen) atoms. The van der Waals surface area contributed by atoms with Gasteiger partial charge in [-0.1, -0.05) is 54.6 Å². The van der Waals surface area contributed by atoms with E-state index in [9.17, 15) is 0 Å².